The standard InChI is InChI=1S/C18H28F2N4O/c1-13-12-24(10-9-22(13)2)14-5-7-23(8-6-14)15-3-4-16(21)17(11-15)25-18(19)20/h3-4,11,13-14,18H,5-10,12,21H2,1-2H3/t13-/m0/s1. The van der Waals surface area contributed by atoms with Gasteiger partial charge in [0.2, 0.25) is 0 Å². The van der Waals surface area contributed by atoms with Crippen LogP contribution >= 0.6 is 0 Å². The first kappa shape index (κ1) is 18.2. The largest absolute Gasteiger partial charge is 0.433 e. The summed E-state index contributed by atoms with van der Waals surface area (Å²) in [5.41, 5.74) is 6.86. The van der Waals surface area contributed by atoms with Crippen molar-refractivity contribution in [1.82, 2.24) is 9.80 Å². The van der Waals surface area contributed by atoms with Crippen molar-refractivity contribution in [1.29, 1.82) is 0 Å². The van der Waals surface area contributed by atoms with Crippen LogP contribution in [0.3, 0.4) is 0 Å². The van der Waals surface area contributed by atoms with Gasteiger partial charge in [0, 0.05) is 56.6 Å². The zero-order chi connectivity index (χ0) is 18.0. The van der Waals surface area contributed by atoms with Crippen LogP contribution in [0.2, 0.25) is 0 Å². The minimum absolute atomic E-state index is 0.0579. The van der Waals surface area contributed by atoms with Gasteiger partial charge < -0.3 is 20.3 Å². The molecule has 2 aliphatic heterocycles. The third-order valence-corrected chi connectivity index (χ3v) is 5.55. The molecule has 3 rings (SSSR count). The Bertz CT molecular complexity index is 578. The molecule has 25 heavy (non-hydrogen) atoms. The number of rotatable bonds is 4. The number of nitrogens with two attached hydrogens (primary N) is 1. The van der Waals surface area contributed by atoms with Gasteiger partial charge in [-0.15, -0.1) is 0 Å². The predicted molar refractivity (Wildman–Crippen MR) is 96.4 cm³/mol. The molecule has 0 aromatic heterocycles. The van der Waals surface area contributed by atoms with E-state index in [2.05, 4.69) is 33.4 Å². The molecule has 0 radical (unpaired) electrons. The molecule has 0 amide bonds. The monoisotopic (exact) mass is 354 g/mol. The van der Waals surface area contributed by atoms with Crippen LogP contribution in [0.25, 0.3) is 0 Å². The lowest BCUT2D eigenvalue weighted by Gasteiger charge is -2.45. The highest BCUT2D eigenvalue weighted by molar-refractivity contribution is 5.62. The highest BCUT2D eigenvalue weighted by Gasteiger charge is 2.29. The van der Waals surface area contributed by atoms with Crippen LogP contribution in [0.4, 0.5) is 20.2 Å². The second-order valence-electron chi connectivity index (χ2n) is 7.14. The van der Waals surface area contributed by atoms with Crippen molar-refractivity contribution in [2.75, 3.05) is 50.4 Å². The summed E-state index contributed by atoms with van der Waals surface area (Å²) in [6.45, 7) is 4.62. The Morgan fingerprint density at radius 1 is 1.16 bits per heavy atom. The maximum atomic E-state index is 12.5. The number of hydrogen-bond acceptors (Lipinski definition) is 5. The summed E-state index contributed by atoms with van der Waals surface area (Å²) in [5.74, 6) is 0.0579. The molecular formula is C18H28F2N4O. The third-order valence-electron chi connectivity index (χ3n) is 5.55. The molecule has 2 aliphatic rings. The van der Waals surface area contributed by atoms with Crippen LogP contribution in [0.1, 0.15) is 19.8 Å². The molecule has 0 spiro atoms. The topological polar surface area (TPSA) is 45.0 Å². The number of ether oxygens (including phenoxy) is 1. The Balaban J connectivity index is 1.59. The van der Waals surface area contributed by atoms with E-state index in [1.165, 1.54) is 0 Å². The molecule has 2 fully saturated rings. The normalized spacial score (nSPS) is 24.0. The van der Waals surface area contributed by atoms with E-state index in [-0.39, 0.29) is 11.4 Å². The highest BCUT2D eigenvalue weighted by Crippen LogP contribution is 2.31. The van der Waals surface area contributed by atoms with E-state index < -0.39 is 6.61 Å². The molecule has 0 unspecified atom stereocenters. The van der Waals surface area contributed by atoms with Gasteiger partial charge in [0.15, 0.2) is 5.75 Å². The molecule has 7 heteroatoms. The number of halogens is 2. The van der Waals surface area contributed by atoms with Crippen LogP contribution in [0.15, 0.2) is 18.2 Å². The van der Waals surface area contributed by atoms with Gasteiger partial charge >= 0.3 is 6.61 Å². The summed E-state index contributed by atoms with van der Waals surface area (Å²) in [6, 6.07) is 6.35. The van der Waals surface area contributed by atoms with E-state index in [0.29, 0.717) is 12.1 Å². The highest BCUT2D eigenvalue weighted by atomic mass is 19.3. The van der Waals surface area contributed by atoms with Gasteiger partial charge in [0.1, 0.15) is 0 Å². The van der Waals surface area contributed by atoms with Crippen molar-refractivity contribution < 1.29 is 13.5 Å². The maximum Gasteiger partial charge on any atom is 0.387 e. The summed E-state index contributed by atoms with van der Waals surface area (Å²) in [6.07, 6.45) is 2.18. The molecule has 140 valence electrons. The Hall–Kier alpha value is -1.60. The van der Waals surface area contributed by atoms with Crippen molar-refractivity contribution in [3.8, 4) is 5.75 Å². The second kappa shape index (κ2) is 7.74. The first-order valence-corrected chi connectivity index (χ1v) is 8.97. The Kier molecular flexibility index (Phi) is 5.64. The van der Waals surface area contributed by atoms with Crippen LogP contribution in [-0.4, -0.2) is 68.3 Å². The number of anilines is 2. The molecule has 2 heterocycles. The van der Waals surface area contributed by atoms with Gasteiger partial charge in [0.05, 0.1) is 5.69 Å². The van der Waals surface area contributed by atoms with Gasteiger partial charge in [-0.25, -0.2) is 0 Å². The smallest absolute Gasteiger partial charge is 0.387 e. The van der Waals surface area contributed by atoms with E-state index in [1.807, 2.05) is 6.07 Å². The van der Waals surface area contributed by atoms with Gasteiger partial charge in [-0.1, -0.05) is 0 Å². The number of benzene rings is 1. The van der Waals surface area contributed by atoms with Crippen LogP contribution < -0.4 is 15.4 Å². The molecule has 0 bridgehead atoms. The number of piperidine rings is 1. The van der Waals surface area contributed by atoms with Gasteiger partial charge in [0.25, 0.3) is 0 Å². The molecule has 0 aliphatic carbocycles. The van der Waals surface area contributed by atoms with Gasteiger partial charge in [-0.05, 0) is 38.9 Å². The number of alkyl halides is 2. The zero-order valence-corrected chi connectivity index (χ0v) is 15.0. The summed E-state index contributed by atoms with van der Waals surface area (Å²) in [7, 11) is 2.19. The minimum Gasteiger partial charge on any atom is -0.433 e. The SMILES string of the molecule is C[C@H]1CN(C2CCN(c3ccc(N)c(OC(F)F)c3)CC2)CCN1C. The van der Waals surface area contributed by atoms with E-state index in [4.69, 9.17) is 5.73 Å². The summed E-state index contributed by atoms with van der Waals surface area (Å²) >= 11 is 0. The van der Waals surface area contributed by atoms with Gasteiger partial charge in [-0.2, -0.15) is 8.78 Å². The molecular weight excluding hydrogens is 326 g/mol. The number of hydrogen-bond donors (Lipinski definition) is 1. The molecule has 5 nitrogen and oxygen atoms in total. The summed E-state index contributed by atoms with van der Waals surface area (Å²) in [5, 5.41) is 0. The number of piperazine rings is 1. The first-order valence-electron chi connectivity index (χ1n) is 8.97. The lowest BCUT2D eigenvalue weighted by atomic mass is 10.0. The lowest BCUT2D eigenvalue weighted by molar-refractivity contribution is -0.0493. The van der Waals surface area contributed by atoms with Crippen LogP contribution in [-0.2, 0) is 0 Å². The van der Waals surface area contributed by atoms with Crippen molar-refractivity contribution >= 4 is 11.4 Å². The Morgan fingerprint density at radius 3 is 2.52 bits per heavy atom. The molecule has 1 aromatic carbocycles. The summed E-state index contributed by atoms with van der Waals surface area (Å²) in [4.78, 5) is 7.24. The zero-order valence-electron chi connectivity index (χ0n) is 15.0. The van der Waals surface area contributed by atoms with Crippen molar-refractivity contribution in [3.63, 3.8) is 0 Å². The fourth-order valence-corrected chi connectivity index (χ4v) is 3.82. The molecule has 2 N–H and O–H groups in total. The van der Waals surface area contributed by atoms with Crippen LogP contribution in [0.5, 0.6) is 5.75 Å². The summed E-state index contributed by atoms with van der Waals surface area (Å²) < 4.78 is 29.5. The number of nitrogen functional groups attached to an aromatic ring is 1. The average Bonchev–Trinajstić information content (AvgIpc) is 2.59. The van der Waals surface area contributed by atoms with Crippen molar-refractivity contribution in [2.45, 2.75) is 38.5 Å². The Labute approximate surface area is 148 Å². The lowest BCUT2D eigenvalue weighted by Crippen LogP contribution is -2.55. The van der Waals surface area contributed by atoms with E-state index >= 15 is 0 Å². The number of nitrogens with zero attached hydrogens (tertiary/aromatic N) is 3. The quantitative estimate of drug-likeness (QED) is 0.842. The van der Waals surface area contributed by atoms with E-state index in [0.717, 1.165) is 51.3 Å². The number of likely N-dealkylation sites (N-methyl/N-ethyl adjacent to an activating group) is 1. The molecule has 2 saturated heterocycles. The molecule has 1 atom stereocenters. The maximum absolute atomic E-state index is 12.5. The second-order valence-corrected chi connectivity index (χ2v) is 7.14. The van der Waals surface area contributed by atoms with Crippen molar-refractivity contribution in [3.05, 3.63) is 18.2 Å². The fraction of sp³-hybridized carbons (Fsp3) is 0.667. The predicted octanol–water partition coefficient (Wildman–Crippen LogP) is 2.47. The minimum atomic E-state index is -2.86. The van der Waals surface area contributed by atoms with Crippen LogP contribution in [0, 0.1) is 0 Å². The average molecular weight is 354 g/mol. The van der Waals surface area contributed by atoms with Crippen molar-refractivity contribution in [2.24, 2.45) is 0 Å². The fourth-order valence-electron chi connectivity index (χ4n) is 3.82. The Morgan fingerprint density at radius 2 is 1.88 bits per heavy atom. The van der Waals surface area contributed by atoms with Gasteiger partial charge in [-0.3, -0.25) is 4.90 Å². The van der Waals surface area contributed by atoms with E-state index in [1.54, 1.807) is 12.1 Å². The van der Waals surface area contributed by atoms with E-state index in [9.17, 15) is 8.78 Å². The molecule has 1 aromatic rings. The third kappa shape index (κ3) is 4.33. The molecule has 0 saturated carbocycles. The first-order chi connectivity index (χ1) is 11.9.